The predicted octanol–water partition coefficient (Wildman–Crippen LogP) is 1.21. The van der Waals surface area contributed by atoms with Crippen LogP contribution in [-0.4, -0.2) is 60.1 Å². The number of likely N-dealkylation sites (tertiary alicyclic amines) is 1. The van der Waals surface area contributed by atoms with Crippen LogP contribution in [0, 0.1) is 0 Å². The van der Waals surface area contributed by atoms with Crippen LogP contribution in [-0.2, 0) is 4.79 Å². The summed E-state index contributed by atoms with van der Waals surface area (Å²) in [7, 11) is 0. The van der Waals surface area contributed by atoms with Crippen LogP contribution >= 0.6 is 11.8 Å². The Hall–Kier alpha value is -0.260. The van der Waals surface area contributed by atoms with Gasteiger partial charge in [0.05, 0.1) is 6.04 Å². The van der Waals surface area contributed by atoms with Gasteiger partial charge in [-0.2, -0.15) is 11.8 Å². The zero-order chi connectivity index (χ0) is 13.8. The highest BCUT2D eigenvalue weighted by molar-refractivity contribution is 7.99. The fourth-order valence-electron chi connectivity index (χ4n) is 3.79. The molecule has 4 nitrogen and oxygen atoms in total. The second-order valence-corrected chi connectivity index (χ2v) is 7.50. The fourth-order valence-corrected chi connectivity index (χ4v) is 4.89. The zero-order valence-corrected chi connectivity index (χ0v) is 13.1. The SMILES string of the molecule is O=C(NC1CCSCC1)C1CCCN1C1CCNCC1. The van der Waals surface area contributed by atoms with E-state index in [2.05, 4.69) is 15.5 Å². The Labute approximate surface area is 126 Å². The molecule has 0 bridgehead atoms. The van der Waals surface area contributed by atoms with Crippen molar-refractivity contribution in [3.05, 3.63) is 0 Å². The van der Waals surface area contributed by atoms with Gasteiger partial charge in [-0.3, -0.25) is 9.69 Å². The van der Waals surface area contributed by atoms with E-state index in [1.54, 1.807) is 0 Å². The molecule has 20 heavy (non-hydrogen) atoms. The molecule has 0 aromatic rings. The van der Waals surface area contributed by atoms with Crippen LogP contribution < -0.4 is 10.6 Å². The van der Waals surface area contributed by atoms with Gasteiger partial charge in [-0.25, -0.2) is 0 Å². The van der Waals surface area contributed by atoms with Crippen molar-refractivity contribution in [2.75, 3.05) is 31.1 Å². The van der Waals surface area contributed by atoms with E-state index in [9.17, 15) is 4.79 Å². The number of amides is 1. The summed E-state index contributed by atoms with van der Waals surface area (Å²) in [5, 5.41) is 6.74. The summed E-state index contributed by atoms with van der Waals surface area (Å²) < 4.78 is 0. The Bertz CT molecular complexity index is 327. The maximum absolute atomic E-state index is 12.6. The van der Waals surface area contributed by atoms with E-state index in [0.29, 0.717) is 18.0 Å². The number of rotatable bonds is 3. The highest BCUT2D eigenvalue weighted by atomic mass is 32.2. The molecule has 1 amide bonds. The lowest BCUT2D eigenvalue weighted by Crippen LogP contribution is -2.52. The number of carbonyl (C=O) groups excluding carboxylic acids is 1. The van der Waals surface area contributed by atoms with E-state index in [1.165, 1.54) is 30.8 Å². The third-order valence-electron chi connectivity index (χ3n) is 4.94. The minimum atomic E-state index is 0.146. The van der Waals surface area contributed by atoms with Crippen molar-refractivity contribution >= 4 is 17.7 Å². The van der Waals surface area contributed by atoms with Gasteiger partial charge >= 0.3 is 0 Å². The summed E-state index contributed by atoms with van der Waals surface area (Å²) in [6, 6.07) is 1.20. The van der Waals surface area contributed by atoms with E-state index in [-0.39, 0.29) is 6.04 Å². The van der Waals surface area contributed by atoms with Gasteiger partial charge in [0.1, 0.15) is 0 Å². The molecular weight excluding hydrogens is 270 g/mol. The molecule has 3 aliphatic rings. The van der Waals surface area contributed by atoms with Crippen molar-refractivity contribution in [3.8, 4) is 0 Å². The monoisotopic (exact) mass is 297 g/mol. The molecule has 1 unspecified atom stereocenters. The molecule has 3 fully saturated rings. The number of piperidine rings is 1. The van der Waals surface area contributed by atoms with Crippen LogP contribution in [0.25, 0.3) is 0 Å². The Morgan fingerprint density at radius 3 is 2.60 bits per heavy atom. The number of hydrogen-bond donors (Lipinski definition) is 2. The number of thioether (sulfide) groups is 1. The van der Waals surface area contributed by atoms with E-state index in [4.69, 9.17) is 0 Å². The van der Waals surface area contributed by atoms with Gasteiger partial charge in [0, 0.05) is 12.1 Å². The average molecular weight is 297 g/mol. The van der Waals surface area contributed by atoms with Crippen LogP contribution in [0.4, 0.5) is 0 Å². The standard InChI is InChI=1S/C15H27N3OS/c19-15(17-12-5-10-20-11-6-12)14-2-1-9-18(14)13-3-7-16-8-4-13/h12-14,16H,1-11H2,(H,17,19). The lowest BCUT2D eigenvalue weighted by Gasteiger charge is -2.36. The summed E-state index contributed by atoms with van der Waals surface area (Å²) in [5.74, 6) is 2.71. The van der Waals surface area contributed by atoms with Crippen LogP contribution in [0.2, 0.25) is 0 Å². The molecule has 2 N–H and O–H groups in total. The quantitative estimate of drug-likeness (QED) is 0.822. The van der Waals surface area contributed by atoms with E-state index >= 15 is 0 Å². The molecular formula is C15H27N3OS. The van der Waals surface area contributed by atoms with Crippen molar-refractivity contribution in [2.45, 2.75) is 56.7 Å². The van der Waals surface area contributed by atoms with Crippen LogP contribution in [0.3, 0.4) is 0 Å². The Morgan fingerprint density at radius 2 is 1.85 bits per heavy atom. The average Bonchev–Trinajstić information content (AvgIpc) is 2.99. The van der Waals surface area contributed by atoms with Gasteiger partial charge in [0.15, 0.2) is 0 Å². The van der Waals surface area contributed by atoms with E-state index in [1.807, 2.05) is 11.8 Å². The molecule has 0 aromatic heterocycles. The normalized spacial score (nSPS) is 30.5. The van der Waals surface area contributed by atoms with Gasteiger partial charge in [0.2, 0.25) is 5.91 Å². The molecule has 3 heterocycles. The summed E-state index contributed by atoms with van der Waals surface area (Å²) in [5.41, 5.74) is 0. The second kappa shape index (κ2) is 7.14. The van der Waals surface area contributed by atoms with Gasteiger partial charge in [-0.15, -0.1) is 0 Å². The molecule has 0 aromatic carbocycles. The molecule has 1 atom stereocenters. The highest BCUT2D eigenvalue weighted by Gasteiger charge is 2.36. The first-order chi connectivity index (χ1) is 9.84. The summed E-state index contributed by atoms with van der Waals surface area (Å²) in [4.78, 5) is 15.1. The molecule has 3 rings (SSSR count). The topological polar surface area (TPSA) is 44.4 Å². The minimum absolute atomic E-state index is 0.146. The fraction of sp³-hybridized carbons (Fsp3) is 0.933. The van der Waals surface area contributed by atoms with Crippen molar-refractivity contribution in [2.24, 2.45) is 0 Å². The largest absolute Gasteiger partial charge is 0.352 e. The number of nitrogens with one attached hydrogen (secondary N) is 2. The summed E-state index contributed by atoms with van der Waals surface area (Å²) in [6.07, 6.45) is 6.93. The first-order valence-corrected chi connectivity index (χ1v) is 9.34. The van der Waals surface area contributed by atoms with Crippen molar-refractivity contribution in [1.29, 1.82) is 0 Å². The lowest BCUT2D eigenvalue weighted by molar-refractivity contribution is -0.127. The summed E-state index contributed by atoms with van der Waals surface area (Å²) in [6.45, 7) is 3.33. The maximum Gasteiger partial charge on any atom is 0.237 e. The van der Waals surface area contributed by atoms with Gasteiger partial charge in [-0.1, -0.05) is 0 Å². The Kier molecular flexibility index (Phi) is 5.24. The molecule has 0 radical (unpaired) electrons. The molecule has 5 heteroatoms. The predicted molar refractivity (Wildman–Crippen MR) is 84.1 cm³/mol. The van der Waals surface area contributed by atoms with E-state index < -0.39 is 0 Å². The molecule has 0 saturated carbocycles. The first-order valence-electron chi connectivity index (χ1n) is 8.19. The lowest BCUT2D eigenvalue weighted by atomic mass is 10.0. The Balaban J connectivity index is 1.55. The van der Waals surface area contributed by atoms with Gasteiger partial charge in [-0.05, 0) is 69.7 Å². The van der Waals surface area contributed by atoms with Crippen molar-refractivity contribution in [3.63, 3.8) is 0 Å². The molecule has 3 aliphatic heterocycles. The first kappa shape index (κ1) is 14.7. The van der Waals surface area contributed by atoms with Crippen LogP contribution in [0.15, 0.2) is 0 Å². The van der Waals surface area contributed by atoms with Crippen molar-refractivity contribution in [1.82, 2.24) is 15.5 Å². The number of nitrogens with zero attached hydrogens (tertiary/aromatic N) is 1. The molecule has 114 valence electrons. The second-order valence-electron chi connectivity index (χ2n) is 6.27. The van der Waals surface area contributed by atoms with Gasteiger partial charge in [0.25, 0.3) is 0 Å². The third kappa shape index (κ3) is 3.49. The smallest absolute Gasteiger partial charge is 0.237 e. The van der Waals surface area contributed by atoms with Crippen LogP contribution in [0.5, 0.6) is 0 Å². The van der Waals surface area contributed by atoms with E-state index in [0.717, 1.165) is 38.9 Å². The zero-order valence-electron chi connectivity index (χ0n) is 12.3. The van der Waals surface area contributed by atoms with Gasteiger partial charge < -0.3 is 10.6 Å². The maximum atomic E-state index is 12.6. The molecule has 0 aliphatic carbocycles. The number of carbonyl (C=O) groups is 1. The molecule has 3 saturated heterocycles. The van der Waals surface area contributed by atoms with Crippen LogP contribution in [0.1, 0.15) is 38.5 Å². The van der Waals surface area contributed by atoms with Crippen molar-refractivity contribution < 1.29 is 4.79 Å². The Morgan fingerprint density at radius 1 is 1.10 bits per heavy atom. The highest BCUT2D eigenvalue weighted by Crippen LogP contribution is 2.25. The summed E-state index contributed by atoms with van der Waals surface area (Å²) >= 11 is 2.01. The molecule has 0 spiro atoms. The third-order valence-corrected chi connectivity index (χ3v) is 5.99. The number of hydrogen-bond acceptors (Lipinski definition) is 4. The minimum Gasteiger partial charge on any atom is -0.352 e.